The number of imidazole rings is 1. The number of para-hydroxylation sites is 2. The highest BCUT2D eigenvalue weighted by Gasteiger charge is 2.29. The van der Waals surface area contributed by atoms with Gasteiger partial charge in [-0.05, 0) is 49.6 Å². The highest BCUT2D eigenvalue weighted by Crippen LogP contribution is 2.35. The van der Waals surface area contributed by atoms with Crippen molar-refractivity contribution in [3.05, 3.63) is 53.9 Å². The first-order chi connectivity index (χ1) is 15.2. The van der Waals surface area contributed by atoms with Crippen LogP contribution < -0.4 is 14.8 Å². The number of nitrogens with zero attached hydrogens (tertiary/aromatic N) is 2. The van der Waals surface area contributed by atoms with E-state index in [1.165, 1.54) is 0 Å². The Hall–Kier alpha value is -3.06. The number of hydrogen-bond acceptors (Lipinski definition) is 5. The Morgan fingerprint density at radius 1 is 1.13 bits per heavy atom. The van der Waals surface area contributed by atoms with E-state index in [0.29, 0.717) is 36.8 Å². The Kier molecular flexibility index (Phi) is 5.51. The molecule has 5 rings (SSSR count). The molecule has 1 saturated carbocycles. The van der Waals surface area contributed by atoms with Gasteiger partial charge in [0.25, 0.3) is 5.91 Å². The van der Waals surface area contributed by atoms with Gasteiger partial charge in [-0.2, -0.15) is 0 Å². The molecule has 0 bridgehead atoms. The minimum atomic E-state index is -0.0912. The summed E-state index contributed by atoms with van der Waals surface area (Å²) in [5, 5.41) is 12.8. The predicted molar refractivity (Wildman–Crippen MR) is 117 cm³/mol. The van der Waals surface area contributed by atoms with E-state index in [0.717, 1.165) is 42.5 Å². The molecule has 7 heteroatoms. The number of carbonyl (C=O) groups excluding carboxylic acids is 1. The van der Waals surface area contributed by atoms with Gasteiger partial charge >= 0.3 is 0 Å². The van der Waals surface area contributed by atoms with E-state index in [4.69, 9.17) is 14.5 Å². The van der Waals surface area contributed by atoms with Crippen molar-refractivity contribution in [2.45, 2.75) is 44.2 Å². The SMILES string of the molecule is O=C(N[C@@H]1CCC[C@H](c2nc3ccccc3n2CCO)C1)c1ccc2c(c1)OCCO2. The molecule has 162 valence electrons. The van der Waals surface area contributed by atoms with Crippen molar-refractivity contribution in [1.82, 2.24) is 14.9 Å². The smallest absolute Gasteiger partial charge is 0.251 e. The molecule has 0 saturated heterocycles. The molecule has 3 aromatic rings. The fraction of sp³-hybridized carbons (Fsp3) is 0.417. The molecule has 1 aromatic heterocycles. The molecule has 1 aliphatic heterocycles. The second-order valence-corrected chi connectivity index (χ2v) is 8.23. The Morgan fingerprint density at radius 3 is 2.84 bits per heavy atom. The molecular formula is C24H27N3O4. The summed E-state index contributed by atoms with van der Waals surface area (Å²) in [6, 6.07) is 13.5. The minimum absolute atomic E-state index is 0.0738. The first-order valence-electron chi connectivity index (χ1n) is 11.0. The molecule has 1 amide bonds. The van der Waals surface area contributed by atoms with Gasteiger partial charge in [0.15, 0.2) is 11.5 Å². The number of fused-ring (bicyclic) bond motifs is 2. The number of amides is 1. The monoisotopic (exact) mass is 421 g/mol. The van der Waals surface area contributed by atoms with Gasteiger partial charge in [0.05, 0.1) is 17.6 Å². The van der Waals surface area contributed by atoms with Gasteiger partial charge in [0.1, 0.15) is 19.0 Å². The van der Waals surface area contributed by atoms with Crippen LogP contribution in [-0.4, -0.2) is 46.4 Å². The van der Waals surface area contributed by atoms with Gasteiger partial charge < -0.3 is 24.5 Å². The van der Waals surface area contributed by atoms with E-state index in [1.807, 2.05) is 24.3 Å². The summed E-state index contributed by atoms with van der Waals surface area (Å²) in [5.41, 5.74) is 2.58. The van der Waals surface area contributed by atoms with Gasteiger partial charge in [-0.15, -0.1) is 0 Å². The number of aromatic nitrogens is 2. The van der Waals surface area contributed by atoms with Gasteiger partial charge in [0, 0.05) is 24.1 Å². The normalized spacial score (nSPS) is 20.5. The Morgan fingerprint density at radius 2 is 1.97 bits per heavy atom. The van der Waals surface area contributed by atoms with Crippen LogP contribution >= 0.6 is 0 Å². The molecule has 0 spiro atoms. The van der Waals surface area contributed by atoms with E-state index in [1.54, 1.807) is 18.2 Å². The summed E-state index contributed by atoms with van der Waals surface area (Å²) in [6.45, 7) is 1.63. The van der Waals surface area contributed by atoms with Gasteiger partial charge in [0.2, 0.25) is 0 Å². The van der Waals surface area contributed by atoms with E-state index in [2.05, 4.69) is 9.88 Å². The van der Waals surface area contributed by atoms with Crippen molar-refractivity contribution in [1.29, 1.82) is 0 Å². The Balaban J connectivity index is 1.32. The maximum Gasteiger partial charge on any atom is 0.251 e. The van der Waals surface area contributed by atoms with E-state index in [9.17, 15) is 9.90 Å². The zero-order valence-electron chi connectivity index (χ0n) is 17.4. The van der Waals surface area contributed by atoms with Crippen LogP contribution in [0.15, 0.2) is 42.5 Å². The van der Waals surface area contributed by atoms with Crippen LogP contribution in [0.5, 0.6) is 11.5 Å². The summed E-state index contributed by atoms with van der Waals surface area (Å²) >= 11 is 0. The molecule has 2 N–H and O–H groups in total. The molecule has 2 aromatic carbocycles. The zero-order valence-corrected chi connectivity index (χ0v) is 17.4. The van der Waals surface area contributed by atoms with Gasteiger partial charge in [-0.25, -0.2) is 4.98 Å². The van der Waals surface area contributed by atoms with Crippen LogP contribution in [0, 0.1) is 0 Å². The molecular weight excluding hydrogens is 394 g/mol. The van der Waals surface area contributed by atoms with E-state index < -0.39 is 0 Å². The molecule has 2 heterocycles. The topological polar surface area (TPSA) is 85.6 Å². The number of ether oxygens (including phenoxy) is 2. The number of nitrogens with one attached hydrogen (secondary N) is 1. The second kappa shape index (κ2) is 8.59. The van der Waals surface area contributed by atoms with E-state index in [-0.39, 0.29) is 24.5 Å². The number of aliphatic hydroxyl groups excluding tert-OH is 1. The third-order valence-corrected chi connectivity index (χ3v) is 6.19. The lowest BCUT2D eigenvalue weighted by atomic mass is 9.85. The predicted octanol–water partition coefficient (Wildman–Crippen LogP) is 3.26. The first-order valence-corrected chi connectivity index (χ1v) is 11.0. The summed E-state index contributed by atoms with van der Waals surface area (Å²) in [6.07, 6.45) is 3.85. The number of hydrogen-bond donors (Lipinski definition) is 2. The largest absolute Gasteiger partial charge is 0.486 e. The lowest BCUT2D eigenvalue weighted by molar-refractivity contribution is 0.0923. The Labute approximate surface area is 181 Å². The molecule has 0 unspecified atom stereocenters. The summed E-state index contributed by atoms with van der Waals surface area (Å²) in [7, 11) is 0. The van der Waals surface area contributed by atoms with Crippen LogP contribution in [0.3, 0.4) is 0 Å². The van der Waals surface area contributed by atoms with Gasteiger partial charge in [-0.1, -0.05) is 18.6 Å². The van der Waals surface area contributed by atoms with Gasteiger partial charge in [-0.3, -0.25) is 4.79 Å². The molecule has 0 radical (unpaired) electrons. The van der Waals surface area contributed by atoms with Crippen LogP contribution in [0.4, 0.5) is 0 Å². The fourth-order valence-electron chi connectivity index (χ4n) is 4.75. The highest BCUT2D eigenvalue weighted by atomic mass is 16.6. The van der Waals surface area contributed by atoms with E-state index >= 15 is 0 Å². The molecule has 2 atom stereocenters. The third-order valence-electron chi connectivity index (χ3n) is 6.19. The van der Waals surface area contributed by atoms with Crippen molar-refractivity contribution < 1.29 is 19.4 Å². The fourth-order valence-corrected chi connectivity index (χ4v) is 4.75. The molecule has 31 heavy (non-hydrogen) atoms. The van der Waals surface area contributed by atoms with Crippen molar-refractivity contribution in [2.75, 3.05) is 19.8 Å². The summed E-state index contributed by atoms with van der Waals surface area (Å²) in [4.78, 5) is 17.8. The second-order valence-electron chi connectivity index (χ2n) is 8.23. The molecule has 1 aliphatic carbocycles. The number of carbonyl (C=O) groups is 1. The highest BCUT2D eigenvalue weighted by molar-refractivity contribution is 5.95. The average Bonchev–Trinajstić information content (AvgIpc) is 3.18. The van der Waals surface area contributed by atoms with Crippen LogP contribution in [0.2, 0.25) is 0 Å². The average molecular weight is 421 g/mol. The van der Waals surface area contributed by atoms with Crippen LogP contribution in [0.1, 0.15) is 47.8 Å². The molecule has 7 nitrogen and oxygen atoms in total. The first kappa shape index (κ1) is 19.9. The number of aliphatic hydroxyl groups is 1. The third kappa shape index (κ3) is 3.97. The summed E-state index contributed by atoms with van der Waals surface area (Å²) < 4.78 is 13.3. The lowest BCUT2D eigenvalue weighted by Crippen LogP contribution is -2.38. The standard InChI is InChI=1S/C24H27N3O4/c28-11-10-27-20-7-2-1-6-19(20)26-23(27)16-4-3-5-18(14-16)25-24(29)17-8-9-21-22(15-17)31-13-12-30-21/h1-2,6-9,15-16,18,28H,3-5,10-14H2,(H,25,29)/t16-,18+/m0/s1. The Bertz CT molecular complexity index is 1090. The van der Waals surface area contributed by atoms with Crippen LogP contribution in [0.25, 0.3) is 11.0 Å². The number of rotatable bonds is 5. The molecule has 1 fully saturated rings. The summed E-state index contributed by atoms with van der Waals surface area (Å²) in [5.74, 6) is 2.47. The number of benzene rings is 2. The minimum Gasteiger partial charge on any atom is -0.486 e. The zero-order chi connectivity index (χ0) is 21.2. The van der Waals surface area contributed by atoms with Crippen molar-refractivity contribution in [2.24, 2.45) is 0 Å². The maximum atomic E-state index is 12.9. The van der Waals surface area contributed by atoms with Crippen molar-refractivity contribution in [3.8, 4) is 11.5 Å². The lowest BCUT2D eigenvalue weighted by Gasteiger charge is -2.30. The van der Waals surface area contributed by atoms with Crippen molar-refractivity contribution in [3.63, 3.8) is 0 Å². The van der Waals surface area contributed by atoms with Crippen molar-refractivity contribution >= 4 is 16.9 Å². The van der Waals surface area contributed by atoms with Crippen LogP contribution in [-0.2, 0) is 6.54 Å². The molecule has 2 aliphatic rings. The maximum absolute atomic E-state index is 12.9. The quantitative estimate of drug-likeness (QED) is 0.661.